The van der Waals surface area contributed by atoms with Gasteiger partial charge in [-0.25, -0.2) is 0 Å². The number of nitrogens with zero attached hydrogens (tertiary/aromatic N) is 2. The molecular formula is C21H19N3O4. The van der Waals surface area contributed by atoms with Gasteiger partial charge in [0.05, 0.1) is 10.6 Å². The molecule has 0 aliphatic heterocycles. The lowest BCUT2D eigenvalue weighted by Crippen LogP contribution is -2.26. The monoisotopic (exact) mass is 377 g/mol. The molecule has 0 unspecified atom stereocenters. The number of Topliss-reactive ketones (excluding diaryl/α,β-unsaturated/α-hetero) is 1. The second kappa shape index (κ2) is 7.26. The lowest BCUT2D eigenvalue weighted by Gasteiger charge is -2.12. The second-order valence-electron chi connectivity index (χ2n) is 6.85. The number of nitrogens with one attached hydrogen (secondary N) is 1. The summed E-state index contributed by atoms with van der Waals surface area (Å²) in [6.45, 7) is 0.386. The first-order chi connectivity index (χ1) is 13.6. The van der Waals surface area contributed by atoms with Crippen molar-refractivity contribution in [3.05, 3.63) is 81.2 Å². The lowest BCUT2D eigenvalue weighted by atomic mass is 9.92. The van der Waals surface area contributed by atoms with Crippen LogP contribution in [-0.4, -0.2) is 27.6 Å². The Morgan fingerprint density at radius 3 is 2.86 bits per heavy atom. The van der Waals surface area contributed by atoms with E-state index in [1.165, 1.54) is 18.2 Å². The summed E-state index contributed by atoms with van der Waals surface area (Å²) in [4.78, 5) is 35.1. The molecule has 0 saturated heterocycles. The molecule has 1 aliphatic carbocycles. The van der Waals surface area contributed by atoms with Crippen molar-refractivity contribution in [3.8, 4) is 0 Å². The zero-order chi connectivity index (χ0) is 19.7. The molecule has 28 heavy (non-hydrogen) atoms. The highest BCUT2D eigenvalue weighted by molar-refractivity contribution is 5.99. The highest BCUT2D eigenvalue weighted by atomic mass is 16.6. The van der Waals surface area contributed by atoms with E-state index in [1.807, 2.05) is 28.8 Å². The second-order valence-corrected chi connectivity index (χ2v) is 6.85. The van der Waals surface area contributed by atoms with Gasteiger partial charge >= 0.3 is 0 Å². The van der Waals surface area contributed by atoms with Crippen molar-refractivity contribution in [1.29, 1.82) is 0 Å². The molecule has 7 heteroatoms. The van der Waals surface area contributed by atoms with Gasteiger partial charge in [0.15, 0.2) is 5.78 Å². The normalized spacial score (nSPS) is 13.4. The Bertz CT molecular complexity index is 1100. The lowest BCUT2D eigenvalue weighted by molar-refractivity contribution is -0.384. The van der Waals surface area contributed by atoms with Crippen LogP contribution in [0.1, 0.15) is 44.8 Å². The number of pyridine rings is 1. The fourth-order valence-electron chi connectivity index (χ4n) is 3.89. The highest BCUT2D eigenvalue weighted by Crippen LogP contribution is 2.30. The largest absolute Gasteiger partial charge is 0.352 e. The van der Waals surface area contributed by atoms with E-state index in [-0.39, 0.29) is 22.9 Å². The van der Waals surface area contributed by atoms with E-state index in [9.17, 15) is 19.7 Å². The maximum atomic E-state index is 12.4. The van der Waals surface area contributed by atoms with Crippen LogP contribution in [-0.2, 0) is 12.8 Å². The number of ketones is 1. The van der Waals surface area contributed by atoms with Crippen LogP contribution in [0, 0.1) is 10.1 Å². The Balaban J connectivity index is 1.54. The van der Waals surface area contributed by atoms with Crippen molar-refractivity contribution in [1.82, 2.24) is 9.72 Å². The van der Waals surface area contributed by atoms with Gasteiger partial charge in [0, 0.05) is 42.4 Å². The molecule has 1 N–H and O–H groups in total. The van der Waals surface area contributed by atoms with Crippen LogP contribution in [0.4, 0.5) is 5.69 Å². The minimum absolute atomic E-state index is 0.112. The van der Waals surface area contributed by atoms with Crippen LogP contribution in [0.2, 0.25) is 0 Å². The van der Waals surface area contributed by atoms with Gasteiger partial charge in [-0.3, -0.25) is 19.7 Å². The average Bonchev–Trinajstić information content (AvgIpc) is 3.03. The van der Waals surface area contributed by atoms with Crippen molar-refractivity contribution in [2.45, 2.75) is 25.7 Å². The fourth-order valence-corrected chi connectivity index (χ4v) is 3.89. The SMILES string of the molecule is O=C(NCCc1c2c(n3ccccc13)C(=O)CCC2)c1cccc([N+](=O)[O-])c1. The smallest absolute Gasteiger partial charge is 0.270 e. The third-order valence-electron chi connectivity index (χ3n) is 5.13. The summed E-state index contributed by atoms with van der Waals surface area (Å²) in [5.41, 5.74) is 4.07. The molecule has 1 amide bonds. The number of benzene rings is 1. The van der Waals surface area contributed by atoms with Gasteiger partial charge in [-0.05, 0) is 48.6 Å². The quantitative estimate of drug-likeness (QED) is 0.545. The number of nitro benzene ring substituents is 1. The molecule has 0 bridgehead atoms. The summed E-state index contributed by atoms with van der Waals surface area (Å²) >= 11 is 0. The van der Waals surface area contributed by atoms with Crippen LogP contribution >= 0.6 is 0 Å². The molecular weight excluding hydrogens is 358 g/mol. The highest BCUT2D eigenvalue weighted by Gasteiger charge is 2.25. The third kappa shape index (κ3) is 3.15. The van der Waals surface area contributed by atoms with Crippen LogP contribution in [0.25, 0.3) is 5.52 Å². The van der Waals surface area contributed by atoms with E-state index in [0.717, 1.165) is 35.2 Å². The van der Waals surface area contributed by atoms with Gasteiger partial charge in [-0.2, -0.15) is 0 Å². The van der Waals surface area contributed by atoms with Crippen molar-refractivity contribution in [3.63, 3.8) is 0 Å². The maximum absolute atomic E-state index is 12.4. The van der Waals surface area contributed by atoms with E-state index in [1.54, 1.807) is 6.07 Å². The number of carbonyl (C=O) groups is 2. The first-order valence-electron chi connectivity index (χ1n) is 9.23. The fraction of sp³-hybridized carbons (Fsp3) is 0.238. The topological polar surface area (TPSA) is 93.7 Å². The van der Waals surface area contributed by atoms with Crippen molar-refractivity contribution in [2.24, 2.45) is 0 Å². The van der Waals surface area contributed by atoms with E-state index in [4.69, 9.17) is 0 Å². The molecule has 3 aromatic rings. The van der Waals surface area contributed by atoms with Gasteiger partial charge in [0.1, 0.15) is 0 Å². The summed E-state index contributed by atoms with van der Waals surface area (Å²) in [7, 11) is 0. The predicted molar refractivity (Wildman–Crippen MR) is 104 cm³/mol. The zero-order valence-corrected chi connectivity index (χ0v) is 15.2. The number of aromatic nitrogens is 1. The molecule has 0 fully saturated rings. The van der Waals surface area contributed by atoms with Crippen LogP contribution in [0.15, 0.2) is 48.7 Å². The number of rotatable bonds is 5. The number of hydrogen-bond donors (Lipinski definition) is 1. The van der Waals surface area contributed by atoms with Gasteiger partial charge in [-0.15, -0.1) is 0 Å². The average molecular weight is 377 g/mol. The van der Waals surface area contributed by atoms with Crippen molar-refractivity contribution in [2.75, 3.05) is 6.54 Å². The molecule has 7 nitrogen and oxygen atoms in total. The molecule has 2 heterocycles. The molecule has 0 spiro atoms. The standard InChI is InChI=1S/C21H19N3O4/c25-19-9-4-7-17-16(18-8-1-2-12-23(18)20(17)19)10-11-22-21(26)14-5-3-6-15(13-14)24(27)28/h1-3,5-6,8,12-13H,4,7,9-11H2,(H,22,26). The minimum atomic E-state index is -0.520. The minimum Gasteiger partial charge on any atom is -0.352 e. The molecule has 4 rings (SSSR count). The third-order valence-corrected chi connectivity index (χ3v) is 5.13. The first-order valence-corrected chi connectivity index (χ1v) is 9.23. The summed E-state index contributed by atoms with van der Waals surface area (Å²) in [6, 6.07) is 11.5. The summed E-state index contributed by atoms with van der Waals surface area (Å²) < 4.78 is 1.95. The van der Waals surface area contributed by atoms with Gasteiger partial charge in [0.2, 0.25) is 0 Å². The van der Waals surface area contributed by atoms with Gasteiger partial charge in [-0.1, -0.05) is 12.1 Å². The van der Waals surface area contributed by atoms with Gasteiger partial charge < -0.3 is 9.72 Å². The number of non-ortho nitro benzene ring substituents is 1. The van der Waals surface area contributed by atoms with Crippen molar-refractivity contribution < 1.29 is 14.5 Å². The molecule has 142 valence electrons. The van der Waals surface area contributed by atoms with Gasteiger partial charge in [0.25, 0.3) is 11.6 Å². The molecule has 1 aromatic carbocycles. The van der Waals surface area contributed by atoms with Crippen LogP contribution in [0.3, 0.4) is 0 Å². The number of carbonyl (C=O) groups excluding carboxylic acids is 2. The number of hydrogen-bond acceptors (Lipinski definition) is 4. The first kappa shape index (κ1) is 17.9. The Labute approximate surface area is 161 Å². The Kier molecular flexibility index (Phi) is 4.65. The zero-order valence-electron chi connectivity index (χ0n) is 15.2. The number of fused-ring (bicyclic) bond motifs is 3. The van der Waals surface area contributed by atoms with Crippen LogP contribution in [0.5, 0.6) is 0 Å². The Morgan fingerprint density at radius 1 is 1.18 bits per heavy atom. The molecule has 0 saturated carbocycles. The Hall–Kier alpha value is -3.48. The van der Waals surface area contributed by atoms with E-state index in [0.29, 0.717) is 19.4 Å². The Morgan fingerprint density at radius 2 is 2.04 bits per heavy atom. The molecule has 0 radical (unpaired) electrons. The summed E-state index contributed by atoms with van der Waals surface area (Å²) in [6.07, 6.45) is 4.77. The molecule has 0 atom stereocenters. The summed E-state index contributed by atoms with van der Waals surface area (Å²) in [5, 5.41) is 13.7. The van der Waals surface area contributed by atoms with E-state index >= 15 is 0 Å². The number of amides is 1. The maximum Gasteiger partial charge on any atom is 0.270 e. The van der Waals surface area contributed by atoms with E-state index < -0.39 is 4.92 Å². The van der Waals surface area contributed by atoms with E-state index in [2.05, 4.69) is 5.32 Å². The summed E-state index contributed by atoms with van der Waals surface area (Å²) in [5.74, 6) is -0.188. The molecule has 2 aromatic heterocycles. The van der Waals surface area contributed by atoms with Crippen LogP contribution < -0.4 is 5.32 Å². The predicted octanol–water partition coefficient (Wildman–Crippen LogP) is 3.34. The van der Waals surface area contributed by atoms with Crippen molar-refractivity contribution >= 4 is 22.9 Å². The molecule has 1 aliphatic rings. The number of nitro groups is 1.